The molecule has 0 aliphatic heterocycles. The maximum Gasteiger partial charge on any atom is 0.279 e. The summed E-state index contributed by atoms with van der Waals surface area (Å²) in [4.78, 5) is 29.5. The van der Waals surface area contributed by atoms with Crippen molar-refractivity contribution in [3.8, 4) is 0 Å². The third-order valence-electron chi connectivity index (χ3n) is 4.38. The highest BCUT2D eigenvalue weighted by atomic mass is 32.1. The van der Waals surface area contributed by atoms with E-state index in [1.807, 2.05) is 46.5 Å². The number of amides is 2. The Morgan fingerprint density at radius 3 is 2.70 bits per heavy atom. The molecule has 1 fully saturated rings. The second-order valence-corrected chi connectivity index (χ2v) is 7.43. The van der Waals surface area contributed by atoms with Crippen LogP contribution in [-0.2, 0) is 11.3 Å². The summed E-state index contributed by atoms with van der Waals surface area (Å²) in [5.74, 6) is -0.172. The second kappa shape index (κ2) is 7.72. The summed E-state index contributed by atoms with van der Waals surface area (Å²) < 4.78 is 1.95. The van der Waals surface area contributed by atoms with Gasteiger partial charge in [-0.1, -0.05) is 36.4 Å². The van der Waals surface area contributed by atoms with Crippen molar-refractivity contribution in [3.05, 3.63) is 82.1 Å². The van der Waals surface area contributed by atoms with E-state index in [2.05, 4.69) is 10.3 Å². The van der Waals surface area contributed by atoms with Crippen LogP contribution < -0.4 is 10.1 Å². The molecule has 0 bridgehead atoms. The van der Waals surface area contributed by atoms with Gasteiger partial charge in [-0.2, -0.15) is 4.99 Å². The molecule has 2 aromatic carbocycles. The number of benzene rings is 2. The van der Waals surface area contributed by atoms with Crippen molar-refractivity contribution >= 4 is 28.8 Å². The van der Waals surface area contributed by atoms with E-state index >= 15 is 0 Å². The van der Waals surface area contributed by atoms with Crippen molar-refractivity contribution in [2.45, 2.75) is 19.4 Å². The van der Waals surface area contributed by atoms with Crippen LogP contribution >= 0.6 is 11.3 Å². The van der Waals surface area contributed by atoms with Crippen LogP contribution in [0, 0.1) is 5.92 Å². The van der Waals surface area contributed by atoms with E-state index < -0.39 is 0 Å². The van der Waals surface area contributed by atoms with Gasteiger partial charge in [0.1, 0.15) is 0 Å². The number of nitrogens with zero attached hydrogens (tertiary/aromatic N) is 2. The minimum Gasteiger partial charge on any atom is -0.326 e. The zero-order valence-electron chi connectivity index (χ0n) is 14.7. The van der Waals surface area contributed by atoms with Crippen LogP contribution in [0.2, 0.25) is 0 Å². The average molecular weight is 377 g/mol. The van der Waals surface area contributed by atoms with Crippen LogP contribution in [0.1, 0.15) is 28.8 Å². The number of carbonyl (C=O) groups is 2. The minimum absolute atomic E-state index is 0.0236. The average Bonchev–Trinajstić information content (AvgIpc) is 3.46. The molecule has 3 aromatic rings. The van der Waals surface area contributed by atoms with E-state index in [9.17, 15) is 9.59 Å². The van der Waals surface area contributed by atoms with E-state index in [4.69, 9.17) is 0 Å². The van der Waals surface area contributed by atoms with Gasteiger partial charge in [0.15, 0.2) is 4.80 Å². The summed E-state index contributed by atoms with van der Waals surface area (Å²) in [6, 6.07) is 17.0. The zero-order chi connectivity index (χ0) is 18.6. The van der Waals surface area contributed by atoms with Gasteiger partial charge in [0, 0.05) is 35.3 Å². The van der Waals surface area contributed by atoms with Crippen LogP contribution in [0.3, 0.4) is 0 Å². The first-order valence-corrected chi connectivity index (χ1v) is 9.75. The van der Waals surface area contributed by atoms with E-state index in [-0.39, 0.29) is 17.7 Å². The molecule has 0 spiro atoms. The molecule has 27 heavy (non-hydrogen) atoms. The molecule has 136 valence electrons. The Labute approximate surface area is 161 Å². The van der Waals surface area contributed by atoms with Crippen molar-refractivity contribution in [1.29, 1.82) is 0 Å². The maximum absolute atomic E-state index is 12.6. The molecular weight excluding hydrogens is 358 g/mol. The van der Waals surface area contributed by atoms with Gasteiger partial charge in [-0.25, -0.2) is 0 Å². The highest BCUT2D eigenvalue weighted by Gasteiger charge is 2.29. The zero-order valence-corrected chi connectivity index (χ0v) is 15.5. The second-order valence-electron chi connectivity index (χ2n) is 6.56. The maximum atomic E-state index is 12.6. The van der Waals surface area contributed by atoms with Crippen molar-refractivity contribution < 1.29 is 9.59 Å². The molecule has 1 N–H and O–H groups in total. The number of carbonyl (C=O) groups excluding carboxylic acids is 2. The molecule has 2 amide bonds. The van der Waals surface area contributed by atoms with Crippen LogP contribution in [-0.4, -0.2) is 16.4 Å². The molecule has 1 aliphatic rings. The topological polar surface area (TPSA) is 63.5 Å². The first kappa shape index (κ1) is 17.4. The summed E-state index contributed by atoms with van der Waals surface area (Å²) >= 11 is 1.42. The standard InChI is InChI=1S/C21H19N3O2S/c25-19(16-9-10-16)22-18-8-4-7-17(13-18)20(26)23-21-24(11-12-27-21)14-15-5-2-1-3-6-15/h1-8,11-13,16H,9-10,14H2,(H,22,25). The SMILES string of the molecule is O=C(N=c1sccn1Cc1ccccc1)c1cccc(NC(=O)C2CC2)c1. The number of nitrogens with one attached hydrogen (secondary N) is 1. The lowest BCUT2D eigenvalue weighted by Crippen LogP contribution is -2.17. The van der Waals surface area contributed by atoms with Crippen LogP contribution in [0.5, 0.6) is 0 Å². The van der Waals surface area contributed by atoms with E-state index in [0.717, 1.165) is 18.4 Å². The van der Waals surface area contributed by atoms with Gasteiger partial charge >= 0.3 is 0 Å². The van der Waals surface area contributed by atoms with Crippen molar-refractivity contribution in [2.24, 2.45) is 10.9 Å². The highest BCUT2D eigenvalue weighted by molar-refractivity contribution is 7.07. The number of hydrogen-bond donors (Lipinski definition) is 1. The molecule has 6 heteroatoms. The number of anilines is 1. The van der Waals surface area contributed by atoms with Gasteiger partial charge in [-0.05, 0) is 36.6 Å². The third kappa shape index (κ3) is 4.41. The number of rotatable bonds is 5. The summed E-state index contributed by atoms with van der Waals surface area (Å²) in [5.41, 5.74) is 2.24. The van der Waals surface area contributed by atoms with Crippen molar-refractivity contribution in [3.63, 3.8) is 0 Å². The summed E-state index contributed by atoms with van der Waals surface area (Å²) in [6.07, 6.45) is 3.81. The minimum atomic E-state index is -0.318. The quantitative estimate of drug-likeness (QED) is 0.737. The van der Waals surface area contributed by atoms with Gasteiger partial charge in [-0.3, -0.25) is 9.59 Å². The monoisotopic (exact) mass is 377 g/mol. The molecule has 5 nitrogen and oxygen atoms in total. The molecule has 0 unspecified atom stereocenters. The van der Waals surface area contributed by atoms with Crippen molar-refractivity contribution in [1.82, 2.24) is 4.57 Å². The van der Waals surface area contributed by atoms with Crippen LogP contribution in [0.15, 0.2) is 71.2 Å². The molecule has 1 aromatic heterocycles. The predicted octanol–water partition coefficient (Wildman–Crippen LogP) is 3.69. The lowest BCUT2D eigenvalue weighted by atomic mass is 10.2. The van der Waals surface area contributed by atoms with Gasteiger partial charge < -0.3 is 9.88 Å². The molecule has 0 saturated heterocycles. The van der Waals surface area contributed by atoms with Gasteiger partial charge in [0.05, 0.1) is 0 Å². The molecule has 1 aliphatic carbocycles. The molecule has 0 radical (unpaired) electrons. The van der Waals surface area contributed by atoms with Crippen molar-refractivity contribution in [2.75, 3.05) is 5.32 Å². The largest absolute Gasteiger partial charge is 0.326 e. The number of aromatic nitrogens is 1. The van der Waals surface area contributed by atoms with E-state index in [1.165, 1.54) is 11.3 Å². The highest BCUT2D eigenvalue weighted by Crippen LogP contribution is 2.30. The van der Waals surface area contributed by atoms with E-state index in [1.54, 1.807) is 24.3 Å². The molecule has 1 saturated carbocycles. The smallest absolute Gasteiger partial charge is 0.279 e. The Hall–Kier alpha value is -2.99. The Morgan fingerprint density at radius 1 is 1.11 bits per heavy atom. The summed E-state index contributed by atoms with van der Waals surface area (Å²) in [5, 5.41) is 4.78. The Morgan fingerprint density at radius 2 is 1.93 bits per heavy atom. The third-order valence-corrected chi connectivity index (χ3v) is 5.17. The van der Waals surface area contributed by atoms with E-state index in [0.29, 0.717) is 22.6 Å². The molecule has 1 heterocycles. The number of hydrogen-bond acceptors (Lipinski definition) is 3. The molecule has 4 rings (SSSR count). The number of thiazole rings is 1. The lowest BCUT2D eigenvalue weighted by Gasteiger charge is -2.05. The van der Waals surface area contributed by atoms with Gasteiger partial charge in [-0.15, -0.1) is 11.3 Å². The van der Waals surface area contributed by atoms with Gasteiger partial charge in [0.2, 0.25) is 5.91 Å². The fraction of sp³-hybridized carbons (Fsp3) is 0.190. The first-order valence-electron chi connectivity index (χ1n) is 8.87. The Kier molecular flexibility index (Phi) is 4.98. The lowest BCUT2D eigenvalue weighted by molar-refractivity contribution is -0.117. The van der Waals surface area contributed by atoms with Crippen LogP contribution in [0.4, 0.5) is 5.69 Å². The Balaban J connectivity index is 1.53. The fourth-order valence-corrected chi connectivity index (χ4v) is 3.48. The Bertz CT molecular complexity index is 1030. The van der Waals surface area contributed by atoms with Gasteiger partial charge in [0.25, 0.3) is 5.91 Å². The normalized spacial score (nSPS) is 14.1. The summed E-state index contributed by atoms with van der Waals surface area (Å²) in [6.45, 7) is 0.661. The fourth-order valence-electron chi connectivity index (χ4n) is 2.76. The summed E-state index contributed by atoms with van der Waals surface area (Å²) in [7, 11) is 0. The predicted molar refractivity (Wildman–Crippen MR) is 106 cm³/mol. The molecule has 0 atom stereocenters. The van der Waals surface area contributed by atoms with Crippen LogP contribution in [0.25, 0.3) is 0 Å². The molecular formula is C21H19N3O2S. The first-order chi connectivity index (χ1) is 13.2.